The fourth-order valence-electron chi connectivity index (χ4n) is 6.21. The predicted octanol–water partition coefficient (Wildman–Crippen LogP) is 6.08. The Bertz CT molecular complexity index is 1890. The molecule has 44 heavy (non-hydrogen) atoms. The van der Waals surface area contributed by atoms with E-state index in [2.05, 4.69) is 9.88 Å². The Morgan fingerprint density at radius 1 is 1.20 bits per heavy atom. The maximum absolute atomic E-state index is 15.2. The Morgan fingerprint density at radius 3 is 2.75 bits per heavy atom. The van der Waals surface area contributed by atoms with Crippen molar-refractivity contribution in [2.24, 2.45) is 5.92 Å². The lowest BCUT2D eigenvalue weighted by molar-refractivity contribution is -0.243. The summed E-state index contributed by atoms with van der Waals surface area (Å²) in [7, 11) is 0. The summed E-state index contributed by atoms with van der Waals surface area (Å²) in [5.41, 5.74) is 2.17. The summed E-state index contributed by atoms with van der Waals surface area (Å²) in [5, 5.41) is 18.7. The number of benzene rings is 2. The van der Waals surface area contributed by atoms with Crippen LogP contribution in [0.3, 0.4) is 0 Å². The number of aromatic carboxylic acids is 1. The SMILES string of the molecule is C[C@@]1(c2ccc(C#N)cc2F)Oc2ccccc2[C@H](C2CCN(Cc3nc4sc(C(=O)O)cc4n3Cc3ncco3)CC2)O1. The minimum atomic E-state index is -1.36. The van der Waals surface area contributed by atoms with Crippen LogP contribution >= 0.6 is 11.3 Å². The normalized spacial score (nSPS) is 20.7. The average Bonchev–Trinajstić information content (AvgIpc) is 3.76. The van der Waals surface area contributed by atoms with Gasteiger partial charge in [0.05, 0.1) is 41.6 Å². The molecule has 12 heteroatoms. The average molecular weight is 614 g/mol. The van der Waals surface area contributed by atoms with E-state index in [1.54, 1.807) is 31.3 Å². The van der Waals surface area contributed by atoms with Crippen LogP contribution in [0.1, 0.15) is 63.9 Å². The van der Waals surface area contributed by atoms with Crippen LogP contribution in [0.15, 0.2) is 65.4 Å². The minimum Gasteiger partial charge on any atom is -0.477 e. The number of nitriles is 1. The molecule has 0 unspecified atom stereocenters. The Labute approximate surface area is 255 Å². The maximum atomic E-state index is 15.2. The second kappa shape index (κ2) is 11.2. The van der Waals surface area contributed by atoms with Crippen LogP contribution in [-0.2, 0) is 23.6 Å². The van der Waals surface area contributed by atoms with Crippen LogP contribution in [0.2, 0.25) is 0 Å². The fourth-order valence-corrected chi connectivity index (χ4v) is 7.11. The molecule has 0 spiro atoms. The molecule has 10 nitrogen and oxygen atoms in total. The van der Waals surface area contributed by atoms with Crippen LogP contribution in [0.4, 0.5) is 4.39 Å². The smallest absolute Gasteiger partial charge is 0.346 e. The quantitative estimate of drug-likeness (QED) is 0.232. The zero-order valence-electron chi connectivity index (χ0n) is 23.8. The van der Waals surface area contributed by atoms with Gasteiger partial charge in [0, 0.05) is 12.5 Å². The number of ether oxygens (including phenoxy) is 2. The summed E-state index contributed by atoms with van der Waals surface area (Å²) in [6.07, 6.45) is 4.46. The van der Waals surface area contributed by atoms with Gasteiger partial charge in [-0.15, -0.1) is 11.3 Å². The van der Waals surface area contributed by atoms with Gasteiger partial charge in [-0.25, -0.2) is 19.2 Å². The van der Waals surface area contributed by atoms with Crippen molar-refractivity contribution in [3.63, 3.8) is 0 Å². The lowest BCUT2D eigenvalue weighted by Crippen LogP contribution is -2.43. The van der Waals surface area contributed by atoms with Gasteiger partial charge >= 0.3 is 5.97 Å². The number of piperidine rings is 1. The lowest BCUT2D eigenvalue weighted by atomic mass is 9.85. The molecule has 2 aliphatic heterocycles. The van der Waals surface area contributed by atoms with Gasteiger partial charge in [0.25, 0.3) is 0 Å². The largest absolute Gasteiger partial charge is 0.477 e. The number of aromatic nitrogens is 3. The van der Waals surface area contributed by atoms with Gasteiger partial charge in [-0.05, 0) is 62.2 Å². The van der Waals surface area contributed by atoms with Crippen molar-refractivity contribution in [2.75, 3.05) is 13.1 Å². The van der Waals surface area contributed by atoms with E-state index in [4.69, 9.17) is 18.9 Å². The summed E-state index contributed by atoms with van der Waals surface area (Å²) < 4.78 is 35.5. The summed E-state index contributed by atoms with van der Waals surface area (Å²) >= 11 is 1.16. The van der Waals surface area contributed by atoms with E-state index in [1.165, 1.54) is 12.3 Å². The van der Waals surface area contributed by atoms with Crippen molar-refractivity contribution in [2.45, 2.75) is 44.7 Å². The van der Waals surface area contributed by atoms with Gasteiger partial charge in [0.2, 0.25) is 11.7 Å². The summed E-state index contributed by atoms with van der Waals surface area (Å²) in [6.45, 7) is 4.23. The molecule has 1 N–H and O–H groups in total. The van der Waals surface area contributed by atoms with E-state index in [0.29, 0.717) is 29.6 Å². The van der Waals surface area contributed by atoms with E-state index in [0.717, 1.165) is 54.2 Å². The topological polar surface area (TPSA) is 127 Å². The first kappa shape index (κ1) is 28.2. The number of carbonyl (C=O) groups is 1. The number of likely N-dealkylation sites (tertiary alicyclic amines) is 1. The van der Waals surface area contributed by atoms with Crippen LogP contribution in [-0.4, -0.2) is 43.6 Å². The Kier molecular flexibility index (Phi) is 7.16. The minimum absolute atomic E-state index is 0.158. The molecule has 2 atom stereocenters. The number of nitrogens with zero attached hydrogens (tertiary/aromatic N) is 5. The van der Waals surface area contributed by atoms with E-state index < -0.39 is 17.6 Å². The molecule has 0 aliphatic carbocycles. The highest BCUT2D eigenvalue weighted by molar-refractivity contribution is 7.20. The molecule has 1 fully saturated rings. The highest BCUT2D eigenvalue weighted by Gasteiger charge is 2.44. The van der Waals surface area contributed by atoms with Crippen molar-refractivity contribution in [1.29, 1.82) is 5.26 Å². The highest BCUT2D eigenvalue weighted by Crippen LogP contribution is 2.48. The molecule has 224 valence electrons. The first-order valence-electron chi connectivity index (χ1n) is 14.3. The number of thiophene rings is 1. The molecule has 1 saturated heterocycles. The molecule has 7 rings (SSSR count). The Balaban J connectivity index is 1.11. The first-order valence-corrected chi connectivity index (χ1v) is 15.1. The zero-order valence-corrected chi connectivity index (χ0v) is 24.6. The Morgan fingerprint density at radius 2 is 2.02 bits per heavy atom. The Hall–Kier alpha value is -4.57. The number of imidazole rings is 1. The van der Waals surface area contributed by atoms with Crippen LogP contribution in [0.5, 0.6) is 5.75 Å². The molecular formula is C32H28FN5O5S. The van der Waals surface area contributed by atoms with Crippen molar-refractivity contribution >= 4 is 27.7 Å². The van der Waals surface area contributed by atoms with E-state index in [1.807, 2.05) is 34.9 Å². The number of halogens is 1. The van der Waals surface area contributed by atoms with Gasteiger partial charge in [-0.1, -0.05) is 18.2 Å². The van der Waals surface area contributed by atoms with Gasteiger partial charge in [-0.3, -0.25) is 4.90 Å². The third kappa shape index (κ3) is 5.13. The molecular weight excluding hydrogens is 585 g/mol. The third-order valence-corrected chi connectivity index (χ3v) is 9.42. The van der Waals surface area contributed by atoms with Gasteiger partial charge in [-0.2, -0.15) is 5.26 Å². The first-order chi connectivity index (χ1) is 21.3. The fraction of sp³-hybridized carbons (Fsp3) is 0.312. The summed E-state index contributed by atoms with van der Waals surface area (Å²) in [6, 6.07) is 15.7. The molecule has 0 saturated carbocycles. The molecule has 2 aliphatic rings. The second-order valence-electron chi connectivity index (χ2n) is 11.2. The number of oxazole rings is 1. The molecule has 3 aromatic heterocycles. The molecule has 5 aromatic rings. The standard InChI is InChI=1S/C32H28FN5O5S/c1-32(22-7-6-19(16-34)14-23(22)33)42-25-5-3-2-4-21(25)29(43-32)20-8-11-37(12-9-20)17-27-36-30-24(15-26(44-30)31(39)40)38(27)18-28-35-10-13-41-28/h2-7,10,13-15,20,29H,8-9,11-12,17-18H2,1H3,(H,39,40)/t29-,32+/m0/s1. The number of para-hydroxylation sites is 1. The monoisotopic (exact) mass is 613 g/mol. The summed E-state index contributed by atoms with van der Waals surface area (Å²) in [4.78, 5) is 23.9. The van der Waals surface area contributed by atoms with Crippen molar-refractivity contribution < 1.29 is 28.2 Å². The van der Waals surface area contributed by atoms with Crippen molar-refractivity contribution in [3.8, 4) is 11.8 Å². The highest BCUT2D eigenvalue weighted by atomic mass is 32.1. The molecule has 0 bridgehead atoms. The molecule has 5 heterocycles. The number of fused-ring (bicyclic) bond motifs is 2. The van der Waals surface area contributed by atoms with Gasteiger partial charge in [0.15, 0.2) is 0 Å². The zero-order chi connectivity index (χ0) is 30.4. The number of rotatable bonds is 7. The van der Waals surface area contributed by atoms with E-state index in [9.17, 15) is 15.2 Å². The predicted molar refractivity (Wildman–Crippen MR) is 158 cm³/mol. The van der Waals surface area contributed by atoms with Crippen molar-refractivity contribution in [3.05, 3.63) is 100 Å². The van der Waals surface area contributed by atoms with Gasteiger partial charge in [0.1, 0.15) is 39.9 Å². The maximum Gasteiger partial charge on any atom is 0.346 e. The molecule has 2 aromatic carbocycles. The van der Waals surface area contributed by atoms with Gasteiger partial charge < -0.3 is 23.6 Å². The van der Waals surface area contributed by atoms with Crippen LogP contribution in [0.25, 0.3) is 10.3 Å². The van der Waals surface area contributed by atoms with E-state index in [-0.39, 0.29) is 28.0 Å². The summed E-state index contributed by atoms with van der Waals surface area (Å²) in [5.74, 6) is -0.734. The molecule has 0 amide bonds. The number of carboxylic acid groups (broad SMARTS) is 1. The second-order valence-corrected chi connectivity index (χ2v) is 12.2. The third-order valence-electron chi connectivity index (χ3n) is 8.41. The van der Waals surface area contributed by atoms with Crippen LogP contribution < -0.4 is 4.74 Å². The van der Waals surface area contributed by atoms with E-state index >= 15 is 4.39 Å². The lowest BCUT2D eigenvalue weighted by Gasteiger charge is -2.44. The number of hydrogen-bond acceptors (Lipinski definition) is 9. The number of carboxylic acids is 1. The van der Waals surface area contributed by atoms with Crippen molar-refractivity contribution in [1.82, 2.24) is 19.4 Å². The number of hydrogen-bond donors (Lipinski definition) is 1. The van der Waals surface area contributed by atoms with Crippen LogP contribution in [0, 0.1) is 23.1 Å². The molecule has 0 radical (unpaired) electrons.